The monoisotopic (exact) mass is 421 g/mol. The average Bonchev–Trinajstić information content (AvgIpc) is 3.18. The number of benzene rings is 1. The van der Waals surface area contributed by atoms with E-state index >= 15 is 0 Å². The van der Waals surface area contributed by atoms with Crippen molar-refractivity contribution in [3.8, 4) is 5.75 Å². The predicted octanol–water partition coefficient (Wildman–Crippen LogP) is 3.49. The molecule has 3 heterocycles. The number of carbonyl (C=O) groups excluding carboxylic acids is 2. The highest BCUT2D eigenvalue weighted by Crippen LogP contribution is 2.25. The van der Waals surface area contributed by atoms with Gasteiger partial charge in [-0.05, 0) is 62.8 Å². The smallest absolute Gasteiger partial charge is 0.257 e. The lowest BCUT2D eigenvalue weighted by atomic mass is 9.92. The van der Waals surface area contributed by atoms with Crippen LogP contribution < -0.4 is 4.74 Å². The van der Waals surface area contributed by atoms with Crippen molar-refractivity contribution < 1.29 is 14.3 Å². The van der Waals surface area contributed by atoms with E-state index in [1.165, 1.54) is 0 Å². The van der Waals surface area contributed by atoms with Gasteiger partial charge >= 0.3 is 0 Å². The van der Waals surface area contributed by atoms with Crippen molar-refractivity contribution in [2.75, 3.05) is 32.8 Å². The third-order valence-corrected chi connectivity index (χ3v) is 6.16. The lowest BCUT2D eigenvalue weighted by molar-refractivity contribution is -0.128. The number of ether oxygens (including phenoxy) is 1. The lowest BCUT2D eigenvalue weighted by Crippen LogP contribution is -2.40. The normalized spacial score (nSPS) is 19.0. The van der Waals surface area contributed by atoms with Gasteiger partial charge in [0.2, 0.25) is 5.91 Å². The van der Waals surface area contributed by atoms with Crippen LogP contribution in [0.3, 0.4) is 0 Å². The van der Waals surface area contributed by atoms with Crippen molar-refractivity contribution in [3.63, 3.8) is 0 Å². The molecule has 1 aromatic carbocycles. The molecule has 6 heteroatoms. The highest BCUT2D eigenvalue weighted by atomic mass is 16.5. The Labute approximate surface area is 184 Å². The number of para-hydroxylation sites is 1. The van der Waals surface area contributed by atoms with Crippen LogP contribution in [0.2, 0.25) is 0 Å². The molecule has 1 aromatic heterocycles. The predicted molar refractivity (Wildman–Crippen MR) is 119 cm³/mol. The van der Waals surface area contributed by atoms with Crippen molar-refractivity contribution >= 4 is 11.8 Å². The summed E-state index contributed by atoms with van der Waals surface area (Å²) in [5.74, 6) is 1.23. The number of hydrogen-bond acceptors (Lipinski definition) is 4. The summed E-state index contributed by atoms with van der Waals surface area (Å²) in [4.78, 5) is 33.5. The van der Waals surface area contributed by atoms with Gasteiger partial charge < -0.3 is 14.5 Å². The van der Waals surface area contributed by atoms with Crippen LogP contribution in [0.5, 0.6) is 5.75 Å². The quantitative estimate of drug-likeness (QED) is 0.687. The topological polar surface area (TPSA) is 62.7 Å². The Morgan fingerprint density at radius 3 is 2.81 bits per heavy atom. The van der Waals surface area contributed by atoms with Crippen LogP contribution in [-0.4, -0.2) is 59.4 Å². The number of aromatic nitrogens is 1. The van der Waals surface area contributed by atoms with Gasteiger partial charge in [0.1, 0.15) is 12.4 Å². The molecule has 164 valence electrons. The van der Waals surface area contributed by atoms with E-state index in [0.29, 0.717) is 36.8 Å². The van der Waals surface area contributed by atoms with E-state index in [0.717, 1.165) is 56.7 Å². The molecule has 2 aromatic rings. The number of aryl methyl sites for hydroxylation is 1. The number of nitrogens with zero attached hydrogens (tertiary/aromatic N) is 3. The Morgan fingerprint density at radius 2 is 2.00 bits per heavy atom. The Morgan fingerprint density at radius 1 is 1.13 bits per heavy atom. The van der Waals surface area contributed by atoms with Crippen LogP contribution in [0.15, 0.2) is 42.5 Å². The summed E-state index contributed by atoms with van der Waals surface area (Å²) in [5.41, 5.74) is 2.73. The van der Waals surface area contributed by atoms with Gasteiger partial charge in [-0.15, -0.1) is 0 Å². The third kappa shape index (κ3) is 5.43. The van der Waals surface area contributed by atoms with Crippen molar-refractivity contribution in [1.82, 2.24) is 14.8 Å². The zero-order valence-corrected chi connectivity index (χ0v) is 18.3. The number of carbonyl (C=O) groups is 2. The zero-order valence-electron chi connectivity index (χ0n) is 18.3. The maximum atomic E-state index is 13.3. The first-order valence-electron chi connectivity index (χ1n) is 11.3. The van der Waals surface area contributed by atoms with Crippen molar-refractivity contribution in [3.05, 3.63) is 59.4 Å². The van der Waals surface area contributed by atoms with Gasteiger partial charge in [0.05, 0.1) is 12.1 Å². The van der Waals surface area contributed by atoms with Gasteiger partial charge in [-0.3, -0.25) is 14.6 Å². The van der Waals surface area contributed by atoms with E-state index in [1.54, 1.807) is 0 Å². The zero-order chi connectivity index (χ0) is 21.6. The van der Waals surface area contributed by atoms with E-state index < -0.39 is 0 Å². The van der Waals surface area contributed by atoms with Crippen molar-refractivity contribution in [2.24, 2.45) is 5.92 Å². The summed E-state index contributed by atoms with van der Waals surface area (Å²) in [5, 5.41) is 0. The summed E-state index contributed by atoms with van der Waals surface area (Å²) in [6.45, 7) is 5.29. The molecule has 2 saturated heterocycles. The Kier molecular flexibility index (Phi) is 6.85. The van der Waals surface area contributed by atoms with E-state index in [9.17, 15) is 9.59 Å². The molecule has 0 aliphatic carbocycles. The third-order valence-electron chi connectivity index (χ3n) is 6.16. The highest BCUT2D eigenvalue weighted by molar-refractivity contribution is 5.97. The fraction of sp³-hybridized carbons (Fsp3) is 0.480. The molecule has 1 atom stereocenters. The molecule has 0 saturated carbocycles. The molecule has 0 unspecified atom stereocenters. The van der Waals surface area contributed by atoms with Gasteiger partial charge in [-0.2, -0.15) is 0 Å². The van der Waals surface area contributed by atoms with Crippen LogP contribution in [0, 0.1) is 12.8 Å². The number of hydrogen-bond donors (Lipinski definition) is 0. The molecule has 4 rings (SSSR count). The van der Waals surface area contributed by atoms with Gasteiger partial charge in [0.15, 0.2) is 0 Å². The fourth-order valence-electron chi connectivity index (χ4n) is 4.57. The minimum Gasteiger partial charge on any atom is -0.491 e. The lowest BCUT2D eigenvalue weighted by Gasteiger charge is -2.33. The van der Waals surface area contributed by atoms with E-state index in [-0.39, 0.29) is 11.8 Å². The molecule has 2 aliphatic rings. The number of piperidine rings is 1. The second kappa shape index (κ2) is 9.94. The molecule has 0 spiro atoms. The summed E-state index contributed by atoms with van der Waals surface area (Å²) in [6, 6.07) is 13.6. The second-order valence-corrected chi connectivity index (χ2v) is 8.56. The first-order chi connectivity index (χ1) is 15.1. The molecule has 0 bridgehead atoms. The highest BCUT2D eigenvalue weighted by Gasteiger charge is 2.27. The van der Waals surface area contributed by atoms with Gasteiger partial charge in [-0.25, -0.2) is 0 Å². The summed E-state index contributed by atoms with van der Waals surface area (Å²) < 4.78 is 5.94. The molecule has 2 fully saturated rings. The Bertz CT molecular complexity index is 930. The second-order valence-electron chi connectivity index (χ2n) is 8.56. The summed E-state index contributed by atoms with van der Waals surface area (Å²) >= 11 is 0. The van der Waals surface area contributed by atoms with Gasteiger partial charge in [-0.1, -0.05) is 18.2 Å². The molecule has 6 nitrogen and oxygen atoms in total. The maximum absolute atomic E-state index is 13.3. The van der Waals surface area contributed by atoms with Crippen LogP contribution in [0.1, 0.15) is 47.4 Å². The van der Waals surface area contributed by atoms with Crippen molar-refractivity contribution in [2.45, 2.75) is 39.0 Å². The molecule has 31 heavy (non-hydrogen) atoms. The number of amides is 2. The largest absolute Gasteiger partial charge is 0.491 e. The number of rotatable bonds is 7. The molecular weight excluding hydrogens is 390 g/mol. The van der Waals surface area contributed by atoms with Gasteiger partial charge in [0.25, 0.3) is 5.91 Å². The fourth-order valence-corrected chi connectivity index (χ4v) is 4.57. The van der Waals surface area contributed by atoms with E-state index in [1.807, 2.05) is 53.1 Å². The molecule has 0 radical (unpaired) electrons. The average molecular weight is 422 g/mol. The number of likely N-dealkylation sites (tertiary alicyclic amines) is 2. The van der Waals surface area contributed by atoms with Gasteiger partial charge in [0, 0.05) is 37.4 Å². The summed E-state index contributed by atoms with van der Waals surface area (Å²) in [7, 11) is 0. The Balaban J connectivity index is 1.37. The van der Waals surface area contributed by atoms with Crippen molar-refractivity contribution in [1.29, 1.82) is 0 Å². The maximum Gasteiger partial charge on any atom is 0.257 e. The van der Waals surface area contributed by atoms with E-state index in [2.05, 4.69) is 11.1 Å². The standard InChI is InChI=1S/C25H31N3O3/c1-19-7-4-9-21(26-19)17-20-8-5-14-28(18-20)25(30)22-10-2-3-11-23(22)31-16-15-27-13-6-12-24(27)29/h2-4,7,9-11,20H,5-6,8,12-18H2,1H3/t20-/m1/s1. The van der Waals surface area contributed by atoms with E-state index in [4.69, 9.17) is 4.74 Å². The Hall–Kier alpha value is -2.89. The minimum atomic E-state index is 0.0229. The van der Waals surface area contributed by atoms with Crippen LogP contribution >= 0.6 is 0 Å². The summed E-state index contributed by atoms with van der Waals surface area (Å²) in [6.07, 6.45) is 4.56. The number of pyridine rings is 1. The SMILES string of the molecule is Cc1cccc(C[C@H]2CCCN(C(=O)c3ccccc3OCCN3CCCC3=O)C2)n1. The van der Waals surface area contributed by atoms with Crippen LogP contribution in [-0.2, 0) is 11.2 Å². The minimum absolute atomic E-state index is 0.0229. The molecular formula is C25H31N3O3. The van der Waals surface area contributed by atoms with Crippen LogP contribution in [0.4, 0.5) is 0 Å². The first-order valence-corrected chi connectivity index (χ1v) is 11.3. The molecule has 2 aliphatic heterocycles. The van der Waals surface area contributed by atoms with Crippen LogP contribution in [0.25, 0.3) is 0 Å². The molecule has 0 N–H and O–H groups in total. The first kappa shape index (κ1) is 21.3. The molecule has 2 amide bonds.